The molecule has 0 amide bonds. The SMILES string of the molecule is CC(C)(Oc1cc[c-]cc1)C(=O)O.[Br-].[Mg+2]. The summed E-state index contributed by atoms with van der Waals surface area (Å²) >= 11 is 0. The summed E-state index contributed by atoms with van der Waals surface area (Å²) in [6.45, 7) is 3.01. The van der Waals surface area contributed by atoms with Crippen LogP contribution in [0.3, 0.4) is 0 Å². The molecule has 1 aromatic rings. The molecule has 5 heteroatoms. The molecule has 0 saturated heterocycles. The van der Waals surface area contributed by atoms with Crippen LogP contribution < -0.4 is 21.7 Å². The van der Waals surface area contributed by atoms with Crippen molar-refractivity contribution in [2.45, 2.75) is 19.4 Å². The Kier molecular flexibility index (Phi) is 8.09. The fraction of sp³-hybridized carbons (Fsp3) is 0.300. The van der Waals surface area contributed by atoms with Gasteiger partial charge in [0.25, 0.3) is 0 Å². The number of hydrogen-bond acceptors (Lipinski definition) is 2. The first-order chi connectivity index (χ1) is 6.02. The molecule has 0 aliphatic heterocycles. The van der Waals surface area contributed by atoms with Gasteiger partial charge in [-0.1, -0.05) is 0 Å². The topological polar surface area (TPSA) is 46.5 Å². The molecule has 0 fully saturated rings. The van der Waals surface area contributed by atoms with Crippen LogP contribution in [0.5, 0.6) is 5.75 Å². The van der Waals surface area contributed by atoms with E-state index in [1.54, 1.807) is 24.3 Å². The van der Waals surface area contributed by atoms with Crippen LogP contribution in [0.2, 0.25) is 0 Å². The first-order valence-electron chi connectivity index (χ1n) is 3.91. The van der Waals surface area contributed by atoms with Crippen LogP contribution in [-0.2, 0) is 4.79 Å². The maximum Gasteiger partial charge on any atom is 2.00 e. The monoisotopic (exact) mass is 282 g/mol. The van der Waals surface area contributed by atoms with Gasteiger partial charge in [0.2, 0.25) is 0 Å². The Bertz CT molecular complexity index is 301. The van der Waals surface area contributed by atoms with E-state index in [9.17, 15) is 4.79 Å². The van der Waals surface area contributed by atoms with Crippen molar-refractivity contribution in [2.75, 3.05) is 0 Å². The molecule has 78 valence electrons. The summed E-state index contributed by atoms with van der Waals surface area (Å²) in [5, 5.41) is 8.77. The fourth-order valence-corrected chi connectivity index (χ4v) is 0.778. The quantitative estimate of drug-likeness (QED) is 0.534. The van der Waals surface area contributed by atoms with Gasteiger partial charge in [-0.25, -0.2) is 4.79 Å². The van der Waals surface area contributed by atoms with Gasteiger partial charge in [0.05, 0.1) is 0 Å². The van der Waals surface area contributed by atoms with Gasteiger partial charge in [-0.05, 0) is 13.8 Å². The van der Waals surface area contributed by atoms with E-state index in [2.05, 4.69) is 6.07 Å². The van der Waals surface area contributed by atoms with E-state index in [0.29, 0.717) is 5.75 Å². The van der Waals surface area contributed by atoms with Gasteiger partial charge in [-0.3, -0.25) is 0 Å². The summed E-state index contributed by atoms with van der Waals surface area (Å²) in [6.07, 6.45) is 0. The smallest absolute Gasteiger partial charge is 1.00 e. The van der Waals surface area contributed by atoms with Crippen LogP contribution in [0, 0.1) is 6.07 Å². The Morgan fingerprint density at radius 1 is 1.40 bits per heavy atom. The van der Waals surface area contributed by atoms with E-state index >= 15 is 0 Å². The maximum atomic E-state index is 10.7. The average Bonchev–Trinajstić information content (AvgIpc) is 2.05. The standard InChI is InChI=1S/C10H11O3.BrH.Mg/c1-10(2,9(11)12)13-8-6-4-3-5-7-8;;/h4-7H,1-2H3,(H,11,12);1H;/q-1;;+2/p-1. The Morgan fingerprint density at radius 2 is 1.87 bits per heavy atom. The number of aliphatic carboxylic acids is 1. The number of benzene rings is 1. The summed E-state index contributed by atoms with van der Waals surface area (Å²) in [5.41, 5.74) is -1.19. The molecule has 0 aliphatic rings. The van der Waals surface area contributed by atoms with Crippen molar-refractivity contribution in [3.63, 3.8) is 0 Å². The Labute approximate surface area is 116 Å². The van der Waals surface area contributed by atoms with Gasteiger partial charge in [-0.2, -0.15) is 18.2 Å². The number of carboxylic acid groups (broad SMARTS) is 1. The number of halogens is 1. The zero-order valence-corrected chi connectivity index (χ0v) is 11.7. The van der Waals surface area contributed by atoms with Crippen LogP contribution in [0.1, 0.15) is 13.8 Å². The molecule has 1 N–H and O–H groups in total. The number of ether oxygens (including phenoxy) is 1. The molecule has 3 nitrogen and oxygen atoms in total. The third kappa shape index (κ3) is 5.39. The zero-order valence-electron chi connectivity index (χ0n) is 8.66. The molecule has 15 heavy (non-hydrogen) atoms. The van der Waals surface area contributed by atoms with Crippen molar-refractivity contribution in [1.29, 1.82) is 0 Å². The molecule has 0 unspecified atom stereocenters. The summed E-state index contributed by atoms with van der Waals surface area (Å²) < 4.78 is 5.24. The Morgan fingerprint density at radius 3 is 2.27 bits per heavy atom. The first-order valence-corrected chi connectivity index (χ1v) is 3.91. The van der Waals surface area contributed by atoms with Gasteiger partial charge in [0, 0.05) is 5.75 Å². The van der Waals surface area contributed by atoms with Gasteiger partial charge in [0.1, 0.15) is 0 Å². The molecule has 0 radical (unpaired) electrons. The van der Waals surface area contributed by atoms with Crippen LogP contribution in [-0.4, -0.2) is 39.7 Å². The third-order valence-corrected chi connectivity index (χ3v) is 1.58. The minimum atomic E-state index is -1.19. The Balaban J connectivity index is 0. The number of hydrogen-bond donors (Lipinski definition) is 1. The molecule has 0 spiro atoms. The van der Waals surface area contributed by atoms with Gasteiger partial charge in [0.15, 0.2) is 5.60 Å². The molecular weight excluding hydrogens is 272 g/mol. The van der Waals surface area contributed by atoms with Crippen molar-refractivity contribution < 1.29 is 31.6 Å². The minimum Gasteiger partial charge on any atom is -1.00 e. The molecule has 0 aromatic heterocycles. The molecule has 0 bridgehead atoms. The maximum absolute atomic E-state index is 10.7. The van der Waals surface area contributed by atoms with Crippen LogP contribution in [0.25, 0.3) is 0 Å². The Hall–Kier alpha value is -0.264. The van der Waals surface area contributed by atoms with Crippen molar-refractivity contribution in [3.8, 4) is 5.75 Å². The van der Waals surface area contributed by atoms with Gasteiger partial charge in [-0.15, -0.1) is 12.1 Å². The molecule has 0 atom stereocenters. The average molecular weight is 283 g/mol. The van der Waals surface area contributed by atoms with Crippen molar-refractivity contribution in [2.24, 2.45) is 0 Å². The number of carboxylic acids is 1. The number of carbonyl (C=O) groups is 1. The van der Waals surface area contributed by atoms with E-state index in [-0.39, 0.29) is 40.0 Å². The van der Waals surface area contributed by atoms with E-state index in [1.807, 2.05) is 0 Å². The summed E-state index contributed by atoms with van der Waals surface area (Å²) in [4.78, 5) is 10.7. The zero-order chi connectivity index (χ0) is 9.90. The van der Waals surface area contributed by atoms with Crippen molar-refractivity contribution in [3.05, 3.63) is 30.3 Å². The van der Waals surface area contributed by atoms with E-state index in [0.717, 1.165) is 0 Å². The van der Waals surface area contributed by atoms with E-state index in [1.165, 1.54) is 13.8 Å². The first kappa shape index (κ1) is 17.1. The van der Waals surface area contributed by atoms with Gasteiger partial charge < -0.3 is 26.8 Å². The van der Waals surface area contributed by atoms with Crippen molar-refractivity contribution in [1.82, 2.24) is 0 Å². The second-order valence-electron chi connectivity index (χ2n) is 3.15. The molecule has 0 saturated carbocycles. The second kappa shape index (κ2) is 7.08. The van der Waals surface area contributed by atoms with Gasteiger partial charge >= 0.3 is 29.0 Å². The largest absolute Gasteiger partial charge is 2.00 e. The molecule has 0 aliphatic carbocycles. The summed E-state index contributed by atoms with van der Waals surface area (Å²) in [6, 6.07) is 9.51. The minimum absolute atomic E-state index is 0. The van der Waals surface area contributed by atoms with Crippen LogP contribution in [0.15, 0.2) is 24.3 Å². The predicted octanol–water partition coefficient (Wildman–Crippen LogP) is -1.65. The molecule has 1 aromatic carbocycles. The molecule has 0 heterocycles. The summed E-state index contributed by atoms with van der Waals surface area (Å²) in [7, 11) is 0. The van der Waals surface area contributed by atoms with E-state index < -0.39 is 11.6 Å². The van der Waals surface area contributed by atoms with Crippen molar-refractivity contribution >= 4 is 29.0 Å². The van der Waals surface area contributed by atoms with Crippen LogP contribution in [0.4, 0.5) is 0 Å². The third-order valence-electron chi connectivity index (χ3n) is 1.58. The molecular formula is C10H11BrMgO3. The molecule has 1 rings (SSSR count). The normalized spacial score (nSPS) is 9.47. The predicted molar refractivity (Wildman–Crippen MR) is 53.4 cm³/mol. The summed E-state index contributed by atoms with van der Waals surface area (Å²) in [5.74, 6) is -0.452. The van der Waals surface area contributed by atoms with E-state index in [4.69, 9.17) is 9.84 Å². The van der Waals surface area contributed by atoms with Crippen LogP contribution >= 0.6 is 0 Å². The number of rotatable bonds is 3. The second-order valence-corrected chi connectivity index (χ2v) is 3.15. The fourth-order valence-electron chi connectivity index (χ4n) is 0.778.